The van der Waals surface area contributed by atoms with Crippen molar-refractivity contribution < 1.29 is 13.2 Å². The van der Waals surface area contributed by atoms with Gasteiger partial charge in [0.2, 0.25) is 10.0 Å². The molecule has 1 aliphatic rings. The molecule has 0 aromatic heterocycles. The number of likely N-dealkylation sites (N-methyl/N-ethyl adjacent to an activating group) is 1. The summed E-state index contributed by atoms with van der Waals surface area (Å²) in [6.45, 7) is 5.02. The molecule has 0 radical (unpaired) electrons. The lowest BCUT2D eigenvalue weighted by Gasteiger charge is -2.24. The molecular weight excluding hydrogens is 288 g/mol. The van der Waals surface area contributed by atoms with E-state index in [2.05, 4.69) is 0 Å². The number of nitriles is 1. The van der Waals surface area contributed by atoms with Crippen LogP contribution in [0.5, 0.6) is 0 Å². The quantitative estimate of drug-likeness (QED) is 0.835. The maximum Gasteiger partial charge on any atom is 0.243 e. The van der Waals surface area contributed by atoms with Gasteiger partial charge in [-0.2, -0.15) is 9.57 Å². The minimum Gasteiger partial charge on any atom is -0.377 e. The number of ether oxygens (including phenoxy) is 1. The highest BCUT2D eigenvalue weighted by atomic mass is 32.2. The Morgan fingerprint density at radius 2 is 2.24 bits per heavy atom. The molecule has 2 rings (SSSR count). The van der Waals surface area contributed by atoms with E-state index in [0.29, 0.717) is 30.8 Å². The minimum absolute atomic E-state index is 0.0285. The highest BCUT2D eigenvalue weighted by molar-refractivity contribution is 7.89. The van der Waals surface area contributed by atoms with Crippen molar-refractivity contribution in [3.05, 3.63) is 29.3 Å². The van der Waals surface area contributed by atoms with Crippen molar-refractivity contribution in [3.8, 4) is 6.07 Å². The highest BCUT2D eigenvalue weighted by Gasteiger charge is 2.29. The van der Waals surface area contributed by atoms with Crippen LogP contribution in [0.25, 0.3) is 0 Å². The third-order valence-electron chi connectivity index (χ3n) is 3.72. The number of hydrogen-bond donors (Lipinski definition) is 0. The highest BCUT2D eigenvalue weighted by Crippen LogP contribution is 2.23. The van der Waals surface area contributed by atoms with Crippen molar-refractivity contribution in [1.82, 2.24) is 4.31 Å². The fourth-order valence-electron chi connectivity index (χ4n) is 2.50. The lowest BCUT2D eigenvalue weighted by atomic mass is 10.2. The number of hydrogen-bond acceptors (Lipinski definition) is 4. The lowest BCUT2D eigenvalue weighted by molar-refractivity contribution is 0.0946. The molecule has 6 heteroatoms. The van der Waals surface area contributed by atoms with Crippen molar-refractivity contribution in [1.29, 1.82) is 5.26 Å². The molecule has 1 aliphatic heterocycles. The van der Waals surface area contributed by atoms with Crippen LogP contribution in [0.15, 0.2) is 23.1 Å². The van der Waals surface area contributed by atoms with Gasteiger partial charge in [-0.1, -0.05) is 13.0 Å². The Morgan fingerprint density at radius 1 is 1.48 bits per heavy atom. The van der Waals surface area contributed by atoms with Crippen LogP contribution in [0.1, 0.15) is 30.9 Å². The second-order valence-electron chi connectivity index (χ2n) is 5.18. The zero-order valence-electron chi connectivity index (χ0n) is 12.4. The van der Waals surface area contributed by atoms with Crippen molar-refractivity contribution in [2.24, 2.45) is 0 Å². The molecule has 1 atom stereocenters. The fraction of sp³-hybridized carbons (Fsp3) is 0.533. The number of nitrogens with zero attached hydrogens (tertiary/aromatic N) is 2. The summed E-state index contributed by atoms with van der Waals surface area (Å²) in [7, 11) is -3.60. The van der Waals surface area contributed by atoms with E-state index < -0.39 is 10.0 Å². The summed E-state index contributed by atoms with van der Waals surface area (Å²) in [5.41, 5.74) is 1.01. The van der Waals surface area contributed by atoms with Gasteiger partial charge in [-0.25, -0.2) is 8.42 Å². The van der Waals surface area contributed by atoms with Crippen molar-refractivity contribution in [2.45, 2.75) is 37.7 Å². The Kier molecular flexibility index (Phi) is 4.99. The molecule has 0 amide bonds. The first-order valence-corrected chi connectivity index (χ1v) is 8.55. The van der Waals surface area contributed by atoms with Gasteiger partial charge >= 0.3 is 0 Å². The third kappa shape index (κ3) is 3.43. The summed E-state index contributed by atoms with van der Waals surface area (Å²) in [4.78, 5) is 0.210. The molecule has 5 nitrogen and oxygen atoms in total. The Balaban J connectivity index is 2.32. The van der Waals surface area contributed by atoms with E-state index in [-0.39, 0.29) is 11.0 Å². The van der Waals surface area contributed by atoms with E-state index in [1.807, 2.05) is 13.0 Å². The standard InChI is InChI=1S/C15H20N2O3S/c1-3-17(11-14-5-4-8-20-14)21(18,19)15-9-13(10-16)7-6-12(15)2/h6-7,9,14H,3-5,8,11H2,1-2H3. The summed E-state index contributed by atoms with van der Waals surface area (Å²) < 4.78 is 32.6. The average molecular weight is 308 g/mol. The normalized spacial score (nSPS) is 18.9. The predicted octanol–water partition coefficient (Wildman–Crippen LogP) is 2.06. The molecule has 0 saturated carbocycles. The fourth-order valence-corrected chi connectivity index (χ4v) is 4.23. The summed E-state index contributed by atoms with van der Waals surface area (Å²) in [5.74, 6) is 0. The summed E-state index contributed by atoms with van der Waals surface area (Å²) in [5, 5.41) is 8.97. The van der Waals surface area contributed by atoms with Gasteiger partial charge in [0.15, 0.2) is 0 Å². The van der Waals surface area contributed by atoms with E-state index in [1.165, 1.54) is 10.4 Å². The van der Waals surface area contributed by atoms with Crippen LogP contribution in [0.3, 0.4) is 0 Å². The molecule has 114 valence electrons. The molecule has 0 spiro atoms. The summed E-state index contributed by atoms with van der Waals surface area (Å²) in [6.07, 6.45) is 1.84. The summed E-state index contributed by atoms with van der Waals surface area (Å²) in [6, 6.07) is 6.74. The smallest absolute Gasteiger partial charge is 0.243 e. The van der Waals surface area contributed by atoms with Crippen molar-refractivity contribution in [2.75, 3.05) is 19.7 Å². The van der Waals surface area contributed by atoms with Gasteiger partial charge < -0.3 is 4.74 Å². The molecule has 1 aromatic carbocycles. The predicted molar refractivity (Wildman–Crippen MR) is 79.3 cm³/mol. The Labute approximate surface area is 126 Å². The van der Waals surface area contributed by atoms with Crippen LogP contribution >= 0.6 is 0 Å². The zero-order chi connectivity index (χ0) is 15.5. The maximum atomic E-state index is 12.8. The second kappa shape index (κ2) is 6.56. The van der Waals surface area contributed by atoms with E-state index in [4.69, 9.17) is 10.00 Å². The van der Waals surface area contributed by atoms with Gasteiger partial charge in [-0.05, 0) is 37.5 Å². The van der Waals surface area contributed by atoms with Crippen LogP contribution in [0.4, 0.5) is 0 Å². The first-order chi connectivity index (χ1) is 9.98. The van der Waals surface area contributed by atoms with Crippen LogP contribution in [0, 0.1) is 18.3 Å². The van der Waals surface area contributed by atoms with Gasteiger partial charge in [0.25, 0.3) is 0 Å². The summed E-state index contributed by atoms with van der Waals surface area (Å²) >= 11 is 0. The van der Waals surface area contributed by atoms with E-state index in [9.17, 15) is 8.42 Å². The molecule has 0 N–H and O–H groups in total. The largest absolute Gasteiger partial charge is 0.377 e. The molecule has 0 aliphatic carbocycles. The Bertz CT molecular complexity index is 643. The molecule has 0 bridgehead atoms. The number of aryl methyl sites for hydroxylation is 1. The number of benzene rings is 1. The molecular formula is C15H20N2O3S. The molecule has 1 saturated heterocycles. The van der Waals surface area contributed by atoms with Gasteiger partial charge in [0, 0.05) is 19.7 Å². The van der Waals surface area contributed by atoms with Crippen LogP contribution in [-0.2, 0) is 14.8 Å². The van der Waals surface area contributed by atoms with Crippen LogP contribution in [0.2, 0.25) is 0 Å². The third-order valence-corrected chi connectivity index (χ3v) is 5.80. The van der Waals surface area contributed by atoms with Gasteiger partial charge in [-0.3, -0.25) is 0 Å². The molecule has 1 fully saturated rings. The molecule has 1 unspecified atom stereocenters. The molecule has 1 aromatic rings. The number of rotatable bonds is 5. The van der Waals surface area contributed by atoms with E-state index in [1.54, 1.807) is 19.1 Å². The maximum absolute atomic E-state index is 12.8. The van der Waals surface area contributed by atoms with Crippen molar-refractivity contribution in [3.63, 3.8) is 0 Å². The van der Waals surface area contributed by atoms with Gasteiger partial charge in [0.05, 0.1) is 22.6 Å². The van der Waals surface area contributed by atoms with Crippen molar-refractivity contribution >= 4 is 10.0 Å². The van der Waals surface area contributed by atoms with Crippen LogP contribution in [-0.4, -0.2) is 38.5 Å². The first kappa shape index (κ1) is 16.0. The topological polar surface area (TPSA) is 70.4 Å². The Morgan fingerprint density at radius 3 is 2.81 bits per heavy atom. The van der Waals surface area contributed by atoms with Gasteiger partial charge in [-0.15, -0.1) is 0 Å². The zero-order valence-corrected chi connectivity index (χ0v) is 13.2. The van der Waals surface area contributed by atoms with E-state index >= 15 is 0 Å². The Hall–Kier alpha value is -1.42. The lowest BCUT2D eigenvalue weighted by Crippen LogP contribution is -2.37. The van der Waals surface area contributed by atoms with E-state index in [0.717, 1.165) is 12.8 Å². The SMILES string of the molecule is CCN(CC1CCCO1)S(=O)(=O)c1cc(C#N)ccc1C. The number of sulfonamides is 1. The average Bonchev–Trinajstić information content (AvgIpc) is 2.98. The molecule has 1 heterocycles. The van der Waals surface area contributed by atoms with Crippen LogP contribution < -0.4 is 0 Å². The van der Waals surface area contributed by atoms with Gasteiger partial charge in [0.1, 0.15) is 0 Å². The second-order valence-corrected chi connectivity index (χ2v) is 7.09. The first-order valence-electron chi connectivity index (χ1n) is 7.11. The monoisotopic (exact) mass is 308 g/mol. The minimum atomic E-state index is -3.60. The molecule has 21 heavy (non-hydrogen) atoms.